The molecule has 0 radical (unpaired) electrons. The van der Waals surface area contributed by atoms with E-state index in [4.69, 9.17) is 4.74 Å². The topological polar surface area (TPSA) is 72.4 Å². The molecule has 0 spiro atoms. The molecule has 4 rings (SSSR count). The van der Waals surface area contributed by atoms with Gasteiger partial charge in [0.05, 0.1) is 12.2 Å². The molecule has 156 valence electrons. The van der Waals surface area contributed by atoms with Crippen LogP contribution in [-0.4, -0.2) is 23.0 Å². The SMILES string of the molecule is O=C(Cn1ccc2ccccc21)NNC(=O)c1ccccc1OCCc1ccccc1. The Hall–Kier alpha value is -4.06. The molecule has 0 atom stereocenters. The molecule has 0 saturated carbocycles. The lowest BCUT2D eigenvalue weighted by molar-refractivity contribution is -0.122. The molecule has 3 aromatic carbocycles. The van der Waals surface area contributed by atoms with E-state index in [0.717, 1.165) is 22.9 Å². The highest BCUT2D eigenvalue weighted by molar-refractivity contribution is 5.97. The third-order valence-electron chi connectivity index (χ3n) is 4.93. The fourth-order valence-electron chi connectivity index (χ4n) is 3.37. The summed E-state index contributed by atoms with van der Waals surface area (Å²) in [6.07, 6.45) is 2.58. The molecule has 1 aromatic heterocycles. The molecular formula is C25H23N3O3. The number of hydrogen-bond donors (Lipinski definition) is 2. The van der Waals surface area contributed by atoms with Crippen LogP contribution in [0.5, 0.6) is 5.75 Å². The van der Waals surface area contributed by atoms with E-state index in [-0.39, 0.29) is 12.5 Å². The first-order valence-electron chi connectivity index (χ1n) is 10.1. The third kappa shape index (κ3) is 5.11. The van der Waals surface area contributed by atoms with Crippen LogP contribution in [0.1, 0.15) is 15.9 Å². The molecular weight excluding hydrogens is 390 g/mol. The predicted octanol–water partition coefficient (Wildman–Crippen LogP) is 3.72. The molecule has 0 unspecified atom stereocenters. The van der Waals surface area contributed by atoms with Crippen molar-refractivity contribution in [2.75, 3.05) is 6.61 Å². The van der Waals surface area contributed by atoms with Crippen LogP contribution in [0.25, 0.3) is 10.9 Å². The number of nitrogens with one attached hydrogen (secondary N) is 2. The zero-order valence-corrected chi connectivity index (χ0v) is 17.0. The minimum absolute atomic E-state index is 0.100. The number of amides is 2. The number of ether oxygens (including phenoxy) is 1. The summed E-state index contributed by atoms with van der Waals surface area (Å²) in [5, 5.41) is 1.06. The number of fused-ring (bicyclic) bond motifs is 1. The van der Waals surface area contributed by atoms with Crippen LogP contribution in [0.15, 0.2) is 91.1 Å². The maximum atomic E-state index is 12.6. The van der Waals surface area contributed by atoms with Crippen molar-refractivity contribution in [1.29, 1.82) is 0 Å². The number of carbonyl (C=O) groups is 2. The quantitative estimate of drug-likeness (QED) is 0.454. The summed E-state index contributed by atoms with van der Waals surface area (Å²) in [6, 6.07) is 26.7. The van der Waals surface area contributed by atoms with Gasteiger partial charge in [0, 0.05) is 18.1 Å². The van der Waals surface area contributed by atoms with Gasteiger partial charge in [-0.1, -0.05) is 60.7 Å². The van der Waals surface area contributed by atoms with E-state index in [1.165, 1.54) is 0 Å². The molecule has 0 saturated heterocycles. The summed E-state index contributed by atoms with van der Waals surface area (Å²) in [5.74, 6) is -0.278. The van der Waals surface area contributed by atoms with E-state index in [2.05, 4.69) is 10.9 Å². The summed E-state index contributed by atoms with van der Waals surface area (Å²) in [4.78, 5) is 24.9. The van der Waals surface area contributed by atoms with E-state index in [1.807, 2.05) is 77.5 Å². The first-order chi connectivity index (χ1) is 15.2. The lowest BCUT2D eigenvalue weighted by atomic mass is 10.1. The second-order valence-corrected chi connectivity index (χ2v) is 7.08. The van der Waals surface area contributed by atoms with Crippen molar-refractivity contribution in [3.63, 3.8) is 0 Å². The van der Waals surface area contributed by atoms with E-state index in [1.54, 1.807) is 18.2 Å². The Morgan fingerprint density at radius 3 is 2.42 bits per heavy atom. The van der Waals surface area contributed by atoms with E-state index < -0.39 is 5.91 Å². The number of para-hydroxylation sites is 2. The first kappa shape index (κ1) is 20.2. The summed E-state index contributed by atoms with van der Waals surface area (Å²) in [5.41, 5.74) is 7.44. The Bertz CT molecular complexity index is 1180. The average molecular weight is 413 g/mol. The summed E-state index contributed by atoms with van der Waals surface area (Å²) < 4.78 is 7.66. The van der Waals surface area contributed by atoms with Crippen LogP contribution in [0.4, 0.5) is 0 Å². The molecule has 0 aliphatic heterocycles. The van der Waals surface area contributed by atoms with Gasteiger partial charge in [0.2, 0.25) is 0 Å². The van der Waals surface area contributed by atoms with Crippen molar-refractivity contribution in [3.8, 4) is 5.75 Å². The largest absolute Gasteiger partial charge is 0.492 e. The van der Waals surface area contributed by atoms with Crippen molar-refractivity contribution >= 4 is 22.7 Å². The molecule has 0 bridgehead atoms. The standard InChI is InChI=1S/C25H23N3O3/c29-24(18-28-16-14-20-10-4-6-12-22(20)28)26-27-25(30)21-11-5-7-13-23(21)31-17-15-19-8-2-1-3-9-19/h1-14,16H,15,17-18H2,(H,26,29)(H,27,30). The minimum Gasteiger partial charge on any atom is -0.492 e. The normalized spacial score (nSPS) is 10.6. The summed E-state index contributed by atoms with van der Waals surface area (Å²) >= 11 is 0. The number of hydrogen-bond acceptors (Lipinski definition) is 3. The highest BCUT2D eigenvalue weighted by Crippen LogP contribution is 2.18. The number of nitrogens with zero attached hydrogens (tertiary/aromatic N) is 1. The van der Waals surface area contributed by atoms with Crippen LogP contribution in [-0.2, 0) is 17.8 Å². The van der Waals surface area contributed by atoms with E-state index in [0.29, 0.717) is 17.9 Å². The smallest absolute Gasteiger partial charge is 0.273 e. The van der Waals surface area contributed by atoms with Crippen molar-refractivity contribution in [2.45, 2.75) is 13.0 Å². The zero-order valence-electron chi connectivity index (χ0n) is 17.0. The van der Waals surface area contributed by atoms with Crippen LogP contribution in [0.3, 0.4) is 0 Å². The lowest BCUT2D eigenvalue weighted by Gasteiger charge is -2.13. The fourth-order valence-corrected chi connectivity index (χ4v) is 3.37. The Balaban J connectivity index is 1.32. The summed E-state index contributed by atoms with van der Waals surface area (Å²) in [6.45, 7) is 0.546. The van der Waals surface area contributed by atoms with Gasteiger partial charge in [-0.3, -0.25) is 20.4 Å². The zero-order chi connectivity index (χ0) is 21.5. The number of hydrazine groups is 1. The molecule has 1 heterocycles. The maximum absolute atomic E-state index is 12.6. The second kappa shape index (κ2) is 9.63. The molecule has 0 aliphatic rings. The number of aromatic nitrogens is 1. The second-order valence-electron chi connectivity index (χ2n) is 7.08. The molecule has 2 amide bonds. The van der Waals surface area contributed by atoms with Crippen LogP contribution >= 0.6 is 0 Å². The first-order valence-corrected chi connectivity index (χ1v) is 10.1. The minimum atomic E-state index is -0.430. The maximum Gasteiger partial charge on any atom is 0.273 e. The summed E-state index contributed by atoms with van der Waals surface area (Å²) in [7, 11) is 0. The molecule has 4 aromatic rings. The van der Waals surface area contributed by atoms with Crippen LogP contribution in [0.2, 0.25) is 0 Å². The third-order valence-corrected chi connectivity index (χ3v) is 4.93. The van der Waals surface area contributed by atoms with Crippen molar-refractivity contribution in [2.24, 2.45) is 0 Å². The van der Waals surface area contributed by atoms with E-state index >= 15 is 0 Å². The van der Waals surface area contributed by atoms with Gasteiger partial charge in [-0.15, -0.1) is 0 Å². The van der Waals surface area contributed by atoms with Gasteiger partial charge in [0.1, 0.15) is 12.3 Å². The van der Waals surface area contributed by atoms with Gasteiger partial charge in [-0.05, 0) is 35.2 Å². The molecule has 0 fully saturated rings. The Kier molecular flexibility index (Phi) is 6.28. The van der Waals surface area contributed by atoms with Gasteiger partial charge in [-0.25, -0.2) is 0 Å². The van der Waals surface area contributed by atoms with Gasteiger partial charge in [-0.2, -0.15) is 0 Å². The molecule has 2 N–H and O–H groups in total. The molecule has 0 aliphatic carbocycles. The van der Waals surface area contributed by atoms with Gasteiger partial charge in [0.25, 0.3) is 11.8 Å². The molecule has 31 heavy (non-hydrogen) atoms. The molecule has 6 nitrogen and oxygen atoms in total. The molecule has 6 heteroatoms. The van der Waals surface area contributed by atoms with Crippen molar-refractivity contribution < 1.29 is 14.3 Å². The lowest BCUT2D eigenvalue weighted by Crippen LogP contribution is -2.43. The van der Waals surface area contributed by atoms with Crippen LogP contribution < -0.4 is 15.6 Å². The monoisotopic (exact) mass is 413 g/mol. The highest BCUT2D eigenvalue weighted by atomic mass is 16.5. The number of carbonyl (C=O) groups excluding carboxylic acids is 2. The van der Waals surface area contributed by atoms with E-state index in [9.17, 15) is 9.59 Å². The average Bonchev–Trinajstić information content (AvgIpc) is 3.21. The van der Waals surface area contributed by atoms with Crippen LogP contribution in [0, 0.1) is 0 Å². The van der Waals surface area contributed by atoms with Gasteiger partial charge >= 0.3 is 0 Å². The fraction of sp³-hybridized carbons (Fsp3) is 0.120. The highest BCUT2D eigenvalue weighted by Gasteiger charge is 2.13. The Labute approximate surface area is 180 Å². The number of benzene rings is 3. The number of rotatable bonds is 7. The van der Waals surface area contributed by atoms with Crippen molar-refractivity contribution in [3.05, 3.63) is 102 Å². The van der Waals surface area contributed by atoms with Crippen molar-refractivity contribution in [1.82, 2.24) is 15.4 Å². The Morgan fingerprint density at radius 2 is 1.55 bits per heavy atom. The van der Waals surface area contributed by atoms with Gasteiger partial charge < -0.3 is 9.30 Å². The Morgan fingerprint density at radius 1 is 0.806 bits per heavy atom. The predicted molar refractivity (Wildman–Crippen MR) is 120 cm³/mol. The van der Waals surface area contributed by atoms with Gasteiger partial charge in [0.15, 0.2) is 0 Å².